The number of amides is 1. The Morgan fingerprint density at radius 3 is 2.63 bits per heavy atom. The maximum absolute atomic E-state index is 13.3. The summed E-state index contributed by atoms with van der Waals surface area (Å²) in [6, 6.07) is 13.5. The monoisotopic (exact) mass is 528 g/mol. The highest BCUT2D eigenvalue weighted by atomic mass is 32.2. The Morgan fingerprint density at radius 2 is 1.87 bits per heavy atom. The first-order valence-electron chi connectivity index (χ1n) is 11.5. The van der Waals surface area contributed by atoms with Gasteiger partial charge in [-0.25, -0.2) is 22.8 Å². The first-order valence-corrected chi connectivity index (χ1v) is 13.2. The molecule has 0 aliphatic rings. The van der Waals surface area contributed by atoms with Crippen LogP contribution in [0.2, 0.25) is 0 Å². The maximum atomic E-state index is 13.3. The summed E-state index contributed by atoms with van der Waals surface area (Å²) in [4.78, 5) is 21.1. The van der Waals surface area contributed by atoms with E-state index in [-0.39, 0.29) is 28.3 Å². The number of carbonyl (C=O) groups excluding carboxylic acids is 1. The number of benzene rings is 2. The molecule has 8 nitrogen and oxygen atoms in total. The third kappa shape index (κ3) is 5.63. The molecule has 3 heterocycles. The normalized spacial score (nSPS) is 11.2. The van der Waals surface area contributed by atoms with E-state index in [1.54, 1.807) is 13.1 Å². The molecule has 0 aliphatic heterocycles. The molecule has 0 bridgehead atoms. The van der Waals surface area contributed by atoms with Crippen molar-refractivity contribution in [1.29, 1.82) is 0 Å². The van der Waals surface area contributed by atoms with Gasteiger partial charge in [0.2, 0.25) is 0 Å². The first-order chi connectivity index (χ1) is 18.3. The number of halogens is 1. The number of fused-ring (bicyclic) bond motifs is 1. The first kappa shape index (κ1) is 24.9. The fourth-order valence-electron chi connectivity index (χ4n) is 3.80. The van der Waals surface area contributed by atoms with Gasteiger partial charge >= 0.3 is 0 Å². The van der Waals surface area contributed by atoms with Gasteiger partial charge in [0, 0.05) is 48.7 Å². The average Bonchev–Trinajstić information content (AvgIpc) is 3.54. The summed E-state index contributed by atoms with van der Waals surface area (Å²) in [5.41, 5.74) is 2.48. The molecule has 5 rings (SSSR count). The van der Waals surface area contributed by atoms with E-state index < -0.39 is 27.3 Å². The molecule has 0 saturated carbocycles. The molecule has 5 aromatic rings. The van der Waals surface area contributed by atoms with E-state index in [4.69, 9.17) is 4.42 Å². The van der Waals surface area contributed by atoms with Crippen molar-refractivity contribution in [2.45, 2.75) is 24.1 Å². The fourth-order valence-corrected chi connectivity index (χ4v) is 5.18. The highest BCUT2D eigenvalue weighted by Crippen LogP contribution is 2.22. The second-order valence-electron chi connectivity index (χ2n) is 8.48. The zero-order valence-corrected chi connectivity index (χ0v) is 21.0. The zero-order chi connectivity index (χ0) is 26.7. The lowest BCUT2D eigenvalue weighted by Crippen LogP contribution is -2.23. The molecule has 1 N–H and O–H groups in total. The number of sulfone groups is 1. The second-order valence-corrected chi connectivity index (χ2v) is 10.4. The maximum Gasteiger partial charge on any atom is 0.251 e. The number of nitrogens with one attached hydrogen (secondary N) is 1. The van der Waals surface area contributed by atoms with Crippen LogP contribution in [0.25, 0.3) is 5.65 Å². The van der Waals surface area contributed by atoms with Crippen LogP contribution >= 0.6 is 0 Å². The van der Waals surface area contributed by atoms with Gasteiger partial charge in [-0.2, -0.15) is 0 Å². The van der Waals surface area contributed by atoms with Crippen molar-refractivity contribution in [3.8, 4) is 11.8 Å². The molecular formula is C28H21FN4O4S. The van der Waals surface area contributed by atoms with Crippen LogP contribution in [-0.2, 0) is 22.1 Å². The minimum absolute atomic E-state index is 0.0533. The lowest BCUT2D eigenvalue weighted by molar-refractivity contribution is 0.0950. The summed E-state index contributed by atoms with van der Waals surface area (Å²) in [6.07, 6.45) is 6.72. The quantitative estimate of drug-likeness (QED) is 0.333. The number of aromatic nitrogens is 3. The van der Waals surface area contributed by atoms with Crippen LogP contribution in [0, 0.1) is 24.6 Å². The van der Waals surface area contributed by atoms with Gasteiger partial charge in [0.1, 0.15) is 23.0 Å². The Labute approximate surface area is 218 Å². The van der Waals surface area contributed by atoms with Gasteiger partial charge in [-0.3, -0.25) is 4.79 Å². The number of carbonyl (C=O) groups is 1. The van der Waals surface area contributed by atoms with Gasteiger partial charge in [0.25, 0.3) is 5.91 Å². The number of pyridine rings is 1. The molecule has 3 aromatic heterocycles. The van der Waals surface area contributed by atoms with Crippen molar-refractivity contribution >= 4 is 21.4 Å². The van der Waals surface area contributed by atoms with Crippen molar-refractivity contribution < 1.29 is 22.0 Å². The zero-order valence-electron chi connectivity index (χ0n) is 20.2. The van der Waals surface area contributed by atoms with Crippen LogP contribution in [0.15, 0.2) is 88.7 Å². The molecule has 0 atom stereocenters. The largest absolute Gasteiger partial charge is 0.445 e. The predicted molar refractivity (Wildman–Crippen MR) is 137 cm³/mol. The summed E-state index contributed by atoms with van der Waals surface area (Å²) in [7, 11) is -3.89. The molecule has 2 aromatic carbocycles. The molecule has 38 heavy (non-hydrogen) atoms. The molecule has 10 heteroatoms. The predicted octanol–water partition coefficient (Wildman–Crippen LogP) is 4.07. The standard InChI is InChI=1S/C28H21FN4O4S/c1-19-31-17-25(37-19)18-38(35,36)26-9-6-23(15-22(26)5-2-20-3-7-24(29)8-4-20)28(34)32-16-21-10-12-33-13-11-30-27(33)14-21/h3-4,6-15,17H,16,18H2,1H3,(H,32,34). The van der Waals surface area contributed by atoms with Crippen molar-refractivity contribution in [3.63, 3.8) is 0 Å². The Bertz CT molecular complexity index is 1810. The molecule has 0 aliphatic carbocycles. The number of rotatable bonds is 6. The van der Waals surface area contributed by atoms with E-state index in [9.17, 15) is 17.6 Å². The second kappa shape index (κ2) is 10.3. The number of nitrogens with zero attached hydrogens (tertiary/aromatic N) is 3. The molecular weight excluding hydrogens is 507 g/mol. The number of hydrogen-bond donors (Lipinski definition) is 1. The van der Waals surface area contributed by atoms with E-state index in [0.717, 1.165) is 11.2 Å². The summed E-state index contributed by atoms with van der Waals surface area (Å²) in [6.45, 7) is 1.88. The van der Waals surface area contributed by atoms with Crippen molar-refractivity contribution in [3.05, 3.63) is 119 Å². The topological polar surface area (TPSA) is 107 Å². The summed E-state index contributed by atoms with van der Waals surface area (Å²) >= 11 is 0. The Morgan fingerprint density at radius 1 is 1.05 bits per heavy atom. The van der Waals surface area contributed by atoms with E-state index in [0.29, 0.717) is 11.5 Å². The average molecular weight is 529 g/mol. The van der Waals surface area contributed by atoms with Gasteiger partial charge in [0.05, 0.1) is 11.1 Å². The Hall–Kier alpha value is -4.75. The van der Waals surface area contributed by atoms with Crippen LogP contribution in [0.3, 0.4) is 0 Å². The van der Waals surface area contributed by atoms with Crippen LogP contribution in [0.5, 0.6) is 0 Å². The van der Waals surface area contributed by atoms with Crippen molar-refractivity contribution in [2.75, 3.05) is 0 Å². The number of aryl methyl sites for hydroxylation is 1. The number of imidazole rings is 1. The summed E-state index contributed by atoms with van der Waals surface area (Å²) in [5.74, 6) is 5.01. The van der Waals surface area contributed by atoms with Gasteiger partial charge in [-0.15, -0.1) is 0 Å². The third-order valence-corrected chi connectivity index (χ3v) is 7.37. The van der Waals surface area contributed by atoms with E-state index >= 15 is 0 Å². The van der Waals surface area contributed by atoms with Crippen molar-refractivity contribution in [1.82, 2.24) is 19.7 Å². The Kier molecular flexibility index (Phi) is 6.77. The minimum Gasteiger partial charge on any atom is -0.445 e. The van der Waals surface area contributed by atoms with Crippen LogP contribution < -0.4 is 5.32 Å². The van der Waals surface area contributed by atoms with Crippen LogP contribution in [-0.4, -0.2) is 28.7 Å². The molecule has 190 valence electrons. The van der Waals surface area contributed by atoms with Crippen molar-refractivity contribution in [2.24, 2.45) is 0 Å². The molecule has 0 unspecified atom stereocenters. The molecule has 0 spiro atoms. The number of hydrogen-bond acceptors (Lipinski definition) is 6. The highest BCUT2D eigenvalue weighted by Gasteiger charge is 2.22. The lowest BCUT2D eigenvalue weighted by Gasteiger charge is -2.10. The lowest BCUT2D eigenvalue weighted by atomic mass is 10.1. The smallest absolute Gasteiger partial charge is 0.251 e. The fraction of sp³-hybridized carbons (Fsp3) is 0.107. The van der Waals surface area contributed by atoms with Gasteiger partial charge in [-0.05, 0) is 60.2 Å². The van der Waals surface area contributed by atoms with E-state index in [1.807, 2.05) is 28.9 Å². The van der Waals surface area contributed by atoms with Gasteiger partial charge in [0.15, 0.2) is 15.7 Å². The van der Waals surface area contributed by atoms with Gasteiger partial charge < -0.3 is 14.1 Å². The Balaban J connectivity index is 1.44. The summed E-state index contributed by atoms with van der Waals surface area (Å²) < 4.78 is 47.0. The SMILES string of the molecule is Cc1ncc(CS(=O)(=O)c2ccc(C(=O)NCc3ccn4ccnc4c3)cc2C#Cc2ccc(F)cc2)o1. The third-order valence-electron chi connectivity index (χ3n) is 5.68. The van der Waals surface area contributed by atoms with Crippen LogP contribution in [0.1, 0.15) is 38.7 Å². The van der Waals surface area contributed by atoms with Crippen LogP contribution in [0.4, 0.5) is 4.39 Å². The molecule has 0 fully saturated rings. The number of oxazole rings is 1. The summed E-state index contributed by atoms with van der Waals surface area (Å²) in [5, 5.41) is 2.84. The van der Waals surface area contributed by atoms with E-state index in [2.05, 4.69) is 27.1 Å². The minimum atomic E-state index is -3.89. The molecule has 0 saturated heterocycles. The molecule has 1 amide bonds. The highest BCUT2D eigenvalue weighted by molar-refractivity contribution is 7.90. The van der Waals surface area contributed by atoms with E-state index in [1.165, 1.54) is 48.7 Å². The van der Waals surface area contributed by atoms with Gasteiger partial charge in [-0.1, -0.05) is 11.8 Å². The molecule has 0 radical (unpaired) electrons.